The summed E-state index contributed by atoms with van der Waals surface area (Å²) in [6.07, 6.45) is 3.94. The van der Waals surface area contributed by atoms with Crippen LogP contribution in [0.3, 0.4) is 0 Å². The number of rotatable bonds is 6. The molecular formula is C24H21N3O. The van der Waals surface area contributed by atoms with Crippen LogP contribution in [0.25, 0.3) is 33.5 Å². The lowest BCUT2D eigenvalue weighted by atomic mass is 10.0. The molecule has 1 aromatic heterocycles. The normalized spacial score (nSPS) is 11.6. The number of unbranched alkanes of at least 4 members (excludes halogenated alkanes) is 1. The molecule has 28 heavy (non-hydrogen) atoms. The molecule has 4 nitrogen and oxygen atoms in total. The molecule has 0 amide bonds. The number of fused-ring (bicyclic) bond motifs is 2. The van der Waals surface area contributed by atoms with Gasteiger partial charge in [0.2, 0.25) is 0 Å². The highest BCUT2D eigenvalue weighted by Gasteiger charge is 2.12. The molecule has 0 aliphatic heterocycles. The van der Waals surface area contributed by atoms with Crippen molar-refractivity contribution in [3.8, 4) is 11.8 Å². The number of hydrogen-bond donors (Lipinski definition) is 1. The lowest BCUT2D eigenvalue weighted by Crippen LogP contribution is -1.99. The first-order valence-electron chi connectivity index (χ1n) is 9.51. The average Bonchev–Trinajstić information content (AvgIpc) is 3.17. The van der Waals surface area contributed by atoms with Crippen molar-refractivity contribution in [2.75, 3.05) is 6.61 Å². The number of nitriles is 1. The number of aromatic amines is 1. The van der Waals surface area contributed by atoms with Crippen LogP contribution >= 0.6 is 0 Å². The average molecular weight is 367 g/mol. The van der Waals surface area contributed by atoms with Crippen LogP contribution in [-0.2, 0) is 0 Å². The van der Waals surface area contributed by atoms with Crippen molar-refractivity contribution in [2.24, 2.45) is 0 Å². The minimum Gasteiger partial charge on any atom is -0.493 e. The fraction of sp³-hybridized carbons (Fsp3) is 0.167. The number of nitrogens with zero attached hydrogens (tertiary/aromatic N) is 2. The van der Waals surface area contributed by atoms with Crippen LogP contribution in [0.1, 0.15) is 31.2 Å². The van der Waals surface area contributed by atoms with Crippen LogP contribution in [0, 0.1) is 11.3 Å². The van der Waals surface area contributed by atoms with Crippen LogP contribution in [0.4, 0.5) is 0 Å². The van der Waals surface area contributed by atoms with E-state index in [4.69, 9.17) is 4.74 Å². The Kier molecular flexibility index (Phi) is 5.07. The number of ether oxygens (including phenoxy) is 1. The van der Waals surface area contributed by atoms with Gasteiger partial charge in [-0.15, -0.1) is 0 Å². The van der Waals surface area contributed by atoms with E-state index >= 15 is 0 Å². The summed E-state index contributed by atoms with van der Waals surface area (Å²) in [7, 11) is 0. The second kappa shape index (κ2) is 7.98. The van der Waals surface area contributed by atoms with Gasteiger partial charge in [0.1, 0.15) is 17.6 Å². The Bertz CT molecular complexity index is 1160. The zero-order valence-electron chi connectivity index (χ0n) is 15.8. The Morgan fingerprint density at radius 2 is 1.93 bits per heavy atom. The van der Waals surface area contributed by atoms with Gasteiger partial charge in [-0.05, 0) is 41.5 Å². The third-order valence-corrected chi connectivity index (χ3v) is 4.74. The van der Waals surface area contributed by atoms with Crippen LogP contribution in [-0.4, -0.2) is 16.6 Å². The molecule has 0 unspecified atom stereocenters. The topological polar surface area (TPSA) is 61.7 Å². The number of imidazole rings is 1. The maximum Gasteiger partial charge on any atom is 0.149 e. The summed E-state index contributed by atoms with van der Waals surface area (Å²) in [4.78, 5) is 7.82. The molecule has 4 heteroatoms. The molecule has 4 aromatic rings. The van der Waals surface area contributed by atoms with Gasteiger partial charge in [0.25, 0.3) is 0 Å². The van der Waals surface area contributed by atoms with E-state index in [1.165, 1.54) is 0 Å². The standard InChI is InChI=1S/C24H21N3O/c1-2-3-14-28-23-13-12-17-8-4-5-9-19(17)20(23)15-18(16-25)24-26-21-10-6-7-11-22(21)27-24/h4-13,15H,2-3,14H2,1H3,(H,26,27). The maximum atomic E-state index is 9.82. The van der Waals surface area contributed by atoms with E-state index in [9.17, 15) is 5.26 Å². The Hall–Kier alpha value is -3.58. The molecule has 0 saturated carbocycles. The molecule has 3 aromatic carbocycles. The van der Waals surface area contributed by atoms with Crippen LogP contribution in [0.15, 0.2) is 60.7 Å². The Labute approximate surface area is 164 Å². The highest BCUT2D eigenvalue weighted by Crippen LogP contribution is 2.32. The zero-order chi connectivity index (χ0) is 19.3. The molecule has 0 aliphatic rings. The molecule has 138 valence electrons. The lowest BCUT2D eigenvalue weighted by molar-refractivity contribution is 0.309. The van der Waals surface area contributed by atoms with Gasteiger partial charge in [-0.1, -0.05) is 55.8 Å². The minimum absolute atomic E-state index is 0.480. The Morgan fingerprint density at radius 3 is 2.75 bits per heavy atom. The van der Waals surface area contributed by atoms with Crippen molar-refractivity contribution in [1.29, 1.82) is 5.26 Å². The number of allylic oxidation sites excluding steroid dienone is 1. The van der Waals surface area contributed by atoms with Gasteiger partial charge in [0.15, 0.2) is 0 Å². The van der Waals surface area contributed by atoms with Gasteiger partial charge >= 0.3 is 0 Å². The van der Waals surface area contributed by atoms with E-state index < -0.39 is 0 Å². The molecule has 4 rings (SSSR count). The SMILES string of the molecule is CCCCOc1ccc2ccccc2c1C=C(C#N)c1nc2ccccc2[nH]1. The van der Waals surface area contributed by atoms with Gasteiger partial charge in [-0.3, -0.25) is 0 Å². The van der Waals surface area contributed by atoms with E-state index in [2.05, 4.69) is 41.2 Å². The van der Waals surface area contributed by atoms with Gasteiger partial charge in [0, 0.05) is 5.56 Å². The maximum absolute atomic E-state index is 9.82. The van der Waals surface area contributed by atoms with Crippen molar-refractivity contribution >= 4 is 33.5 Å². The summed E-state index contributed by atoms with van der Waals surface area (Å²) in [5.74, 6) is 1.35. The van der Waals surface area contributed by atoms with E-state index in [-0.39, 0.29) is 0 Å². The smallest absolute Gasteiger partial charge is 0.149 e. The highest BCUT2D eigenvalue weighted by atomic mass is 16.5. The van der Waals surface area contributed by atoms with Crippen LogP contribution in [0.2, 0.25) is 0 Å². The number of para-hydroxylation sites is 2. The van der Waals surface area contributed by atoms with Crippen molar-refractivity contribution in [2.45, 2.75) is 19.8 Å². The number of H-pyrrole nitrogens is 1. The van der Waals surface area contributed by atoms with Crippen molar-refractivity contribution in [3.63, 3.8) is 0 Å². The monoisotopic (exact) mass is 367 g/mol. The summed E-state index contributed by atoms with van der Waals surface area (Å²) < 4.78 is 6.04. The predicted octanol–water partition coefficient (Wildman–Crippen LogP) is 5.96. The second-order valence-corrected chi connectivity index (χ2v) is 6.67. The molecule has 0 atom stereocenters. The van der Waals surface area contributed by atoms with Gasteiger partial charge in [-0.2, -0.15) is 5.26 Å². The molecule has 0 radical (unpaired) electrons. The first-order valence-corrected chi connectivity index (χ1v) is 9.51. The summed E-state index contributed by atoms with van der Waals surface area (Å²) in [6, 6.07) is 22.3. The molecule has 0 saturated heterocycles. The molecule has 0 spiro atoms. The third kappa shape index (κ3) is 3.47. The molecule has 0 fully saturated rings. The van der Waals surface area contributed by atoms with E-state index in [0.29, 0.717) is 18.0 Å². The fourth-order valence-electron chi connectivity index (χ4n) is 3.26. The first kappa shape index (κ1) is 17.8. The molecule has 1 N–H and O–H groups in total. The number of benzene rings is 3. The van der Waals surface area contributed by atoms with Gasteiger partial charge < -0.3 is 9.72 Å². The number of aromatic nitrogens is 2. The Balaban J connectivity index is 1.85. The predicted molar refractivity (Wildman–Crippen MR) is 114 cm³/mol. The Morgan fingerprint density at radius 1 is 1.11 bits per heavy atom. The third-order valence-electron chi connectivity index (χ3n) is 4.74. The number of nitrogens with one attached hydrogen (secondary N) is 1. The van der Waals surface area contributed by atoms with Crippen LogP contribution < -0.4 is 4.74 Å². The largest absolute Gasteiger partial charge is 0.493 e. The lowest BCUT2D eigenvalue weighted by Gasteiger charge is -2.12. The van der Waals surface area contributed by atoms with E-state index in [0.717, 1.165) is 46.0 Å². The molecule has 1 heterocycles. The summed E-state index contributed by atoms with van der Waals surface area (Å²) in [5, 5.41) is 12.0. The van der Waals surface area contributed by atoms with Gasteiger partial charge in [-0.25, -0.2) is 4.98 Å². The molecule has 0 aliphatic carbocycles. The quantitative estimate of drug-likeness (QED) is 0.338. The van der Waals surface area contributed by atoms with Gasteiger partial charge in [0.05, 0.1) is 23.2 Å². The van der Waals surface area contributed by atoms with Crippen LogP contribution in [0.5, 0.6) is 5.75 Å². The second-order valence-electron chi connectivity index (χ2n) is 6.67. The number of hydrogen-bond acceptors (Lipinski definition) is 3. The summed E-state index contributed by atoms with van der Waals surface area (Å²) in [5.41, 5.74) is 3.14. The van der Waals surface area contributed by atoms with E-state index in [1.807, 2.05) is 48.5 Å². The molecular weight excluding hydrogens is 346 g/mol. The first-order chi connectivity index (χ1) is 13.8. The minimum atomic E-state index is 0.480. The van der Waals surface area contributed by atoms with Crippen molar-refractivity contribution in [3.05, 3.63) is 72.1 Å². The van der Waals surface area contributed by atoms with E-state index in [1.54, 1.807) is 0 Å². The fourth-order valence-corrected chi connectivity index (χ4v) is 3.26. The summed E-state index contributed by atoms with van der Waals surface area (Å²) >= 11 is 0. The molecule has 0 bridgehead atoms. The van der Waals surface area contributed by atoms with Crippen molar-refractivity contribution in [1.82, 2.24) is 9.97 Å². The highest BCUT2D eigenvalue weighted by molar-refractivity contribution is 6.00. The zero-order valence-corrected chi connectivity index (χ0v) is 15.8. The van der Waals surface area contributed by atoms with Crippen molar-refractivity contribution < 1.29 is 4.74 Å². The summed E-state index contributed by atoms with van der Waals surface area (Å²) in [6.45, 7) is 2.79.